The minimum atomic E-state index is -0.399. The number of esters is 1. The van der Waals surface area contributed by atoms with Gasteiger partial charge in [-0.1, -0.05) is 17.7 Å². The van der Waals surface area contributed by atoms with E-state index >= 15 is 0 Å². The summed E-state index contributed by atoms with van der Waals surface area (Å²) in [6, 6.07) is 7.25. The summed E-state index contributed by atoms with van der Waals surface area (Å²) < 4.78 is 5.94. The maximum Gasteiger partial charge on any atom is 0.327 e. The van der Waals surface area contributed by atoms with Crippen molar-refractivity contribution < 1.29 is 14.3 Å². The molecular formula is C14H15N3O3. The van der Waals surface area contributed by atoms with Crippen LogP contribution in [-0.4, -0.2) is 28.8 Å². The minimum absolute atomic E-state index is 0.0108. The van der Waals surface area contributed by atoms with E-state index in [2.05, 4.69) is 15.2 Å². The fraction of sp³-hybridized carbons (Fsp3) is 0.214. The molecule has 0 aliphatic rings. The van der Waals surface area contributed by atoms with Crippen LogP contribution in [0.25, 0.3) is 0 Å². The molecule has 1 N–H and O–H groups in total. The highest BCUT2D eigenvalue weighted by atomic mass is 16.5. The van der Waals surface area contributed by atoms with E-state index in [0.717, 1.165) is 5.56 Å². The van der Waals surface area contributed by atoms with Crippen LogP contribution in [0.3, 0.4) is 0 Å². The first-order valence-electron chi connectivity index (χ1n) is 6.06. The van der Waals surface area contributed by atoms with E-state index in [0.29, 0.717) is 11.3 Å². The first kappa shape index (κ1) is 13.8. The predicted molar refractivity (Wildman–Crippen MR) is 73.4 cm³/mol. The fourth-order valence-corrected chi connectivity index (χ4v) is 1.62. The molecule has 0 bridgehead atoms. The van der Waals surface area contributed by atoms with Gasteiger partial charge in [0.05, 0.1) is 19.0 Å². The Bertz CT molecular complexity index is 617. The van der Waals surface area contributed by atoms with Gasteiger partial charge in [-0.15, -0.1) is 0 Å². The summed E-state index contributed by atoms with van der Waals surface area (Å²) in [5, 5.41) is 6.68. The monoisotopic (exact) mass is 273 g/mol. The maximum atomic E-state index is 12.0. The second kappa shape index (κ2) is 6.01. The Morgan fingerprint density at radius 3 is 2.65 bits per heavy atom. The molecule has 1 aromatic carbocycles. The van der Waals surface area contributed by atoms with E-state index in [1.165, 1.54) is 18.0 Å². The summed E-state index contributed by atoms with van der Waals surface area (Å²) in [5.74, 6) is -0.618. The van der Waals surface area contributed by atoms with Crippen molar-refractivity contribution in [3.05, 3.63) is 47.8 Å². The molecule has 0 saturated heterocycles. The third-order valence-electron chi connectivity index (χ3n) is 2.72. The molecule has 0 aliphatic heterocycles. The SMILES string of the molecule is COC(=O)Cn1cc(NC(=O)c2ccc(C)cc2)cn1. The summed E-state index contributed by atoms with van der Waals surface area (Å²) in [6.45, 7) is 1.97. The Balaban J connectivity index is 2.01. The van der Waals surface area contributed by atoms with Crippen LogP contribution < -0.4 is 5.32 Å². The van der Waals surface area contributed by atoms with Crippen molar-refractivity contribution in [2.24, 2.45) is 0 Å². The molecule has 0 radical (unpaired) electrons. The third-order valence-corrected chi connectivity index (χ3v) is 2.72. The standard InChI is InChI=1S/C14H15N3O3/c1-10-3-5-11(6-4-10)14(19)16-12-7-15-17(8-12)9-13(18)20-2/h3-8H,9H2,1-2H3,(H,16,19). The topological polar surface area (TPSA) is 73.2 Å². The molecule has 104 valence electrons. The lowest BCUT2D eigenvalue weighted by Crippen LogP contribution is -2.12. The number of nitrogens with zero attached hydrogens (tertiary/aromatic N) is 2. The second-order valence-corrected chi connectivity index (χ2v) is 4.32. The summed E-state index contributed by atoms with van der Waals surface area (Å²) in [6.07, 6.45) is 3.05. The normalized spacial score (nSPS) is 10.1. The highest BCUT2D eigenvalue weighted by Crippen LogP contribution is 2.09. The number of benzene rings is 1. The van der Waals surface area contributed by atoms with Crippen LogP contribution in [0.15, 0.2) is 36.7 Å². The van der Waals surface area contributed by atoms with Crippen molar-refractivity contribution in [1.82, 2.24) is 9.78 Å². The molecule has 2 aromatic rings. The van der Waals surface area contributed by atoms with Gasteiger partial charge in [0, 0.05) is 11.8 Å². The molecule has 0 aliphatic carbocycles. The first-order chi connectivity index (χ1) is 9.58. The molecule has 0 saturated carbocycles. The number of amides is 1. The molecule has 6 nitrogen and oxygen atoms in total. The Labute approximate surface area is 116 Å². The van der Waals surface area contributed by atoms with Crippen LogP contribution in [0.4, 0.5) is 5.69 Å². The summed E-state index contributed by atoms with van der Waals surface area (Å²) >= 11 is 0. The molecule has 0 spiro atoms. The first-order valence-corrected chi connectivity index (χ1v) is 6.06. The minimum Gasteiger partial charge on any atom is -0.468 e. The average Bonchev–Trinajstić information content (AvgIpc) is 2.86. The van der Waals surface area contributed by atoms with Gasteiger partial charge in [-0.25, -0.2) is 0 Å². The molecule has 1 amide bonds. The van der Waals surface area contributed by atoms with Crippen molar-refractivity contribution in [2.45, 2.75) is 13.5 Å². The van der Waals surface area contributed by atoms with Gasteiger partial charge in [0.2, 0.25) is 0 Å². The van der Waals surface area contributed by atoms with Crippen molar-refractivity contribution in [2.75, 3.05) is 12.4 Å². The van der Waals surface area contributed by atoms with Crippen LogP contribution in [0.5, 0.6) is 0 Å². The van der Waals surface area contributed by atoms with E-state index in [4.69, 9.17) is 0 Å². The number of aromatic nitrogens is 2. The summed E-state index contributed by atoms with van der Waals surface area (Å²) in [5.41, 5.74) is 2.18. The number of hydrogen-bond acceptors (Lipinski definition) is 4. The number of methoxy groups -OCH3 is 1. The smallest absolute Gasteiger partial charge is 0.327 e. The van der Waals surface area contributed by atoms with Crippen molar-refractivity contribution in [3.8, 4) is 0 Å². The number of carbonyl (C=O) groups excluding carboxylic acids is 2. The highest BCUT2D eigenvalue weighted by Gasteiger charge is 2.08. The van der Waals surface area contributed by atoms with Gasteiger partial charge < -0.3 is 10.1 Å². The number of rotatable bonds is 4. The maximum absolute atomic E-state index is 12.0. The Hall–Kier alpha value is -2.63. The number of aryl methyl sites for hydroxylation is 1. The molecule has 2 rings (SSSR count). The Kier molecular flexibility index (Phi) is 4.14. The van der Waals surface area contributed by atoms with Gasteiger partial charge in [-0.3, -0.25) is 14.3 Å². The van der Waals surface area contributed by atoms with E-state index < -0.39 is 5.97 Å². The van der Waals surface area contributed by atoms with Crippen LogP contribution in [0.2, 0.25) is 0 Å². The molecule has 6 heteroatoms. The number of anilines is 1. The summed E-state index contributed by atoms with van der Waals surface area (Å²) in [7, 11) is 1.31. The van der Waals surface area contributed by atoms with E-state index in [1.54, 1.807) is 18.3 Å². The van der Waals surface area contributed by atoms with Crippen molar-refractivity contribution in [1.29, 1.82) is 0 Å². The highest BCUT2D eigenvalue weighted by molar-refractivity contribution is 6.04. The molecule has 0 atom stereocenters. The van der Waals surface area contributed by atoms with Crippen LogP contribution in [0, 0.1) is 6.92 Å². The van der Waals surface area contributed by atoms with Gasteiger partial charge in [0.15, 0.2) is 0 Å². The molecular weight excluding hydrogens is 258 g/mol. The Morgan fingerprint density at radius 1 is 1.30 bits per heavy atom. The van der Waals surface area contributed by atoms with Crippen molar-refractivity contribution in [3.63, 3.8) is 0 Å². The van der Waals surface area contributed by atoms with Crippen molar-refractivity contribution >= 4 is 17.6 Å². The molecule has 20 heavy (non-hydrogen) atoms. The molecule has 0 fully saturated rings. The average molecular weight is 273 g/mol. The molecule has 0 unspecified atom stereocenters. The van der Waals surface area contributed by atoms with Gasteiger partial charge in [-0.2, -0.15) is 5.10 Å². The van der Waals surface area contributed by atoms with Gasteiger partial charge >= 0.3 is 5.97 Å². The quantitative estimate of drug-likeness (QED) is 0.859. The number of hydrogen-bond donors (Lipinski definition) is 1. The zero-order valence-corrected chi connectivity index (χ0v) is 11.3. The third kappa shape index (κ3) is 3.44. The van der Waals surface area contributed by atoms with Gasteiger partial charge in [-0.05, 0) is 19.1 Å². The zero-order chi connectivity index (χ0) is 14.5. The lowest BCUT2D eigenvalue weighted by molar-refractivity contribution is -0.141. The predicted octanol–water partition coefficient (Wildman–Crippen LogP) is 1.62. The van der Waals surface area contributed by atoms with E-state index in [-0.39, 0.29) is 12.5 Å². The fourth-order valence-electron chi connectivity index (χ4n) is 1.62. The second-order valence-electron chi connectivity index (χ2n) is 4.32. The van der Waals surface area contributed by atoms with Gasteiger partial charge in [0.1, 0.15) is 6.54 Å². The lowest BCUT2D eigenvalue weighted by atomic mass is 10.1. The van der Waals surface area contributed by atoms with Gasteiger partial charge in [0.25, 0.3) is 5.91 Å². The van der Waals surface area contributed by atoms with Crippen LogP contribution in [-0.2, 0) is 16.1 Å². The Morgan fingerprint density at radius 2 is 2.00 bits per heavy atom. The van der Waals surface area contributed by atoms with Crippen LogP contribution in [0.1, 0.15) is 15.9 Å². The summed E-state index contributed by atoms with van der Waals surface area (Å²) in [4.78, 5) is 23.1. The lowest BCUT2D eigenvalue weighted by Gasteiger charge is -2.02. The molecule has 1 aromatic heterocycles. The number of carbonyl (C=O) groups is 2. The largest absolute Gasteiger partial charge is 0.468 e. The zero-order valence-electron chi connectivity index (χ0n) is 11.3. The van der Waals surface area contributed by atoms with Crippen LogP contribution >= 0.6 is 0 Å². The number of nitrogens with one attached hydrogen (secondary N) is 1. The van der Waals surface area contributed by atoms with E-state index in [9.17, 15) is 9.59 Å². The van der Waals surface area contributed by atoms with E-state index in [1.807, 2.05) is 19.1 Å². The molecule has 1 heterocycles. The number of ether oxygens (including phenoxy) is 1.